The van der Waals surface area contributed by atoms with Crippen molar-refractivity contribution in [2.45, 2.75) is 57.0 Å². The Morgan fingerprint density at radius 1 is 0.975 bits per heavy atom. The molecule has 2 aliphatic heterocycles. The number of pyridine rings is 1. The summed E-state index contributed by atoms with van der Waals surface area (Å²) in [7, 11) is 1.65. The number of carbonyl (C=O) groups is 1. The van der Waals surface area contributed by atoms with Crippen LogP contribution >= 0.6 is 0 Å². The minimum Gasteiger partial charge on any atom is -0.493 e. The Kier molecular flexibility index (Phi) is 7.38. The van der Waals surface area contributed by atoms with Gasteiger partial charge in [0.25, 0.3) is 5.91 Å². The average molecular weight is 545 g/mol. The second-order valence-electron chi connectivity index (χ2n) is 11.3. The van der Waals surface area contributed by atoms with E-state index in [0.29, 0.717) is 55.9 Å². The van der Waals surface area contributed by atoms with Crippen LogP contribution < -0.4 is 14.2 Å². The van der Waals surface area contributed by atoms with Gasteiger partial charge >= 0.3 is 0 Å². The van der Waals surface area contributed by atoms with Crippen LogP contribution in [0.2, 0.25) is 0 Å². The molecule has 0 unspecified atom stereocenters. The van der Waals surface area contributed by atoms with Crippen LogP contribution in [0, 0.1) is 0 Å². The van der Waals surface area contributed by atoms with Crippen molar-refractivity contribution in [3.05, 3.63) is 83.2 Å². The number of nitrogens with zero attached hydrogens (tertiary/aromatic N) is 2. The smallest absolute Gasteiger partial charge is 0.272 e. The zero-order chi connectivity index (χ0) is 27.7. The second kappa shape index (κ2) is 11.1. The van der Waals surface area contributed by atoms with Gasteiger partial charge in [-0.25, -0.2) is 0 Å². The Morgan fingerprint density at radius 3 is 2.45 bits per heavy atom. The third-order valence-corrected chi connectivity index (χ3v) is 7.70. The van der Waals surface area contributed by atoms with Gasteiger partial charge in [-0.2, -0.15) is 0 Å². The topological polar surface area (TPSA) is 79.4 Å². The van der Waals surface area contributed by atoms with E-state index in [-0.39, 0.29) is 17.9 Å². The van der Waals surface area contributed by atoms with Crippen LogP contribution in [0.4, 0.5) is 0 Å². The predicted octanol–water partition coefficient (Wildman–Crippen LogP) is 5.32. The Labute approximate surface area is 235 Å². The average Bonchev–Trinajstić information content (AvgIpc) is 3.73. The van der Waals surface area contributed by atoms with Gasteiger partial charge < -0.3 is 28.6 Å². The molecular formula is C32H36N2O6. The highest BCUT2D eigenvalue weighted by molar-refractivity contribution is 5.93. The van der Waals surface area contributed by atoms with Gasteiger partial charge in [0, 0.05) is 31.3 Å². The number of ether oxygens (including phenoxy) is 5. The van der Waals surface area contributed by atoms with Gasteiger partial charge in [0.2, 0.25) is 0 Å². The van der Waals surface area contributed by atoms with E-state index < -0.39 is 5.79 Å². The van der Waals surface area contributed by atoms with E-state index in [0.717, 1.165) is 17.0 Å². The first-order valence-electron chi connectivity index (χ1n) is 14.0. The number of amides is 1. The largest absolute Gasteiger partial charge is 0.493 e. The van der Waals surface area contributed by atoms with Gasteiger partial charge in [0.1, 0.15) is 30.8 Å². The maximum Gasteiger partial charge on any atom is 0.272 e. The van der Waals surface area contributed by atoms with E-state index in [9.17, 15) is 4.79 Å². The Morgan fingerprint density at radius 2 is 1.75 bits per heavy atom. The van der Waals surface area contributed by atoms with Crippen molar-refractivity contribution < 1.29 is 28.5 Å². The summed E-state index contributed by atoms with van der Waals surface area (Å²) in [6, 6.07) is 18.2. The van der Waals surface area contributed by atoms with Gasteiger partial charge in [0.15, 0.2) is 17.3 Å². The highest BCUT2D eigenvalue weighted by atomic mass is 16.7. The fraction of sp³-hybridized carbons (Fsp3) is 0.438. The van der Waals surface area contributed by atoms with Crippen LogP contribution in [0.1, 0.15) is 65.7 Å². The van der Waals surface area contributed by atoms with Gasteiger partial charge in [-0.3, -0.25) is 9.78 Å². The standard InChI is InChI=1S/C32H36N2O6/c1-32(2)39-20-27(40-32)19-37-26-12-13-33-28(15-26)31(35)34-16-25(17-34)24-10-11-29(30(14-24)36-3)38-18-21-4-6-22(7-5-21)23-8-9-23/h4-7,10-15,23,25,27H,8-9,16-20H2,1-3H3/t27-/m0/s1. The summed E-state index contributed by atoms with van der Waals surface area (Å²) in [5.74, 6) is 2.27. The van der Waals surface area contributed by atoms with E-state index in [1.807, 2.05) is 26.0 Å². The molecule has 0 bridgehead atoms. The fourth-order valence-corrected chi connectivity index (χ4v) is 5.19. The molecular weight excluding hydrogens is 508 g/mol. The fourth-order valence-electron chi connectivity index (χ4n) is 5.19. The number of aromatic nitrogens is 1. The van der Waals surface area contributed by atoms with Crippen LogP contribution in [-0.4, -0.2) is 61.1 Å². The van der Waals surface area contributed by atoms with Crippen molar-refractivity contribution in [3.8, 4) is 17.2 Å². The molecule has 2 aromatic carbocycles. The lowest BCUT2D eigenvalue weighted by atomic mass is 9.91. The van der Waals surface area contributed by atoms with Gasteiger partial charge in [-0.15, -0.1) is 0 Å². The number of benzene rings is 2. The molecule has 0 radical (unpaired) electrons. The summed E-state index contributed by atoms with van der Waals surface area (Å²) in [4.78, 5) is 19.2. The molecule has 0 spiro atoms. The number of hydrogen-bond donors (Lipinski definition) is 0. The van der Waals surface area contributed by atoms with Crippen LogP contribution in [-0.2, 0) is 16.1 Å². The first kappa shape index (κ1) is 26.6. The van der Waals surface area contributed by atoms with Crippen molar-refractivity contribution in [1.29, 1.82) is 0 Å². The number of methoxy groups -OCH3 is 1. The molecule has 6 rings (SSSR count). The number of rotatable bonds is 10. The lowest BCUT2D eigenvalue weighted by Gasteiger charge is -2.39. The van der Waals surface area contributed by atoms with Crippen molar-refractivity contribution in [3.63, 3.8) is 0 Å². The minimum atomic E-state index is -0.597. The number of hydrogen-bond acceptors (Lipinski definition) is 7. The Balaban J connectivity index is 1.01. The SMILES string of the molecule is COc1cc(C2CN(C(=O)c3cc(OC[C@H]4COC(C)(C)O4)ccn3)C2)ccc1OCc1ccc(C2CC2)cc1. The maximum atomic E-state index is 13.1. The molecule has 3 heterocycles. The van der Waals surface area contributed by atoms with Crippen LogP contribution in [0.25, 0.3) is 0 Å². The van der Waals surface area contributed by atoms with E-state index in [2.05, 4.69) is 35.3 Å². The highest BCUT2D eigenvalue weighted by Crippen LogP contribution is 2.40. The normalized spacial score (nSPS) is 20.2. The molecule has 1 aromatic heterocycles. The molecule has 0 N–H and O–H groups in total. The van der Waals surface area contributed by atoms with Crippen molar-refractivity contribution in [2.75, 3.05) is 33.4 Å². The molecule has 1 aliphatic carbocycles. The third kappa shape index (κ3) is 6.08. The van der Waals surface area contributed by atoms with Crippen molar-refractivity contribution >= 4 is 5.91 Å². The number of likely N-dealkylation sites (tertiary alicyclic amines) is 1. The van der Waals surface area contributed by atoms with Crippen molar-refractivity contribution in [1.82, 2.24) is 9.88 Å². The zero-order valence-electron chi connectivity index (χ0n) is 23.3. The highest BCUT2D eigenvalue weighted by Gasteiger charge is 2.34. The molecule has 1 atom stereocenters. The molecule has 1 saturated carbocycles. The maximum absolute atomic E-state index is 13.1. The summed E-state index contributed by atoms with van der Waals surface area (Å²) >= 11 is 0. The van der Waals surface area contributed by atoms with Crippen LogP contribution in [0.15, 0.2) is 60.8 Å². The molecule has 8 nitrogen and oxygen atoms in total. The third-order valence-electron chi connectivity index (χ3n) is 7.70. The predicted molar refractivity (Wildman–Crippen MR) is 149 cm³/mol. The molecule has 3 aliphatic rings. The zero-order valence-corrected chi connectivity index (χ0v) is 23.3. The summed E-state index contributed by atoms with van der Waals surface area (Å²) in [5, 5.41) is 0. The molecule has 3 fully saturated rings. The van der Waals surface area contributed by atoms with E-state index >= 15 is 0 Å². The van der Waals surface area contributed by atoms with Gasteiger partial charge in [0.05, 0.1) is 13.7 Å². The monoisotopic (exact) mass is 544 g/mol. The van der Waals surface area contributed by atoms with E-state index in [1.54, 1.807) is 30.3 Å². The summed E-state index contributed by atoms with van der Waals surface area (Å²) < 4.78 is 28.9. The molecule has 1 amide bonds. The molecule has 2 saturated heterocycles. The first-order chi connectivity index (χ1) is 19.4. The minimum absolute atomic E-state index is 0.108. The first-order valence-corrected chi connectivity index (χ1v) is 14.0. The Hall–Kier alpha value is -3.62. The van der Waals surface area contributed by atoms with Crippen LogP contribution in [0.3, 0.4) is 0 Å². The Bertz CT molecular complexity index is 1350. The second-order valence-corrected chi connectivity index (χ2v) is 11.3. The molecule has 3 aromatic rings. The number of carbonyl (C=O) groups excluding carboxylic acids is 1. The molecule has 8 heteroatoms. The summed E-state index contributed by atoms with van der Waals surface area (Å²) in [6.45, 7) is 6.30. The molecule has 40 heavy (non-hydrogen) atoms. The van der Waals surface area contributed by atoms with Crippen LogP contribution in [0.5, 0.6) is 17.2 Å². The quantitative estimate of drug-likeness (QED) is 0.342. The lowest BCUT2D eigenvalue weighted by molar-refractivity contribution is -0.141. The van der Waals surface area contributed by atoms with Gasteiger partial charge in [-0.1, -0.05) is 30.3 Å². The van der Waals surface area contributed by atoms with Gasteiger partial charge in [-0.05, 0) is 67.5 Å². The van der Waals surface area contributed by atoms with E-state index in [1.165, 1.54) is 18.4 Å². The van der Waals surface area contributed by atoms with E-state index in [4.69, 9.17) is 23.7 Å². The summed E-state index contributed by atoms with van der Waals surface area (Å²) in [6.07, 6.45) is 4.06. The molecule has 210 valence electrons. The lowest BCUT2D eigenvalue weighted by Crippen LogP contribution is -2.48. The summed E-state index contributed by atoms with van der Waals surface area (Å²) in [5.41, 5.74) is 4.04. The van der Waals surface area contributed by atoms with Crippen molar-refractivity contribution in [2.24, 2.45) is 0 Å².